The van der Waals surface area contributed by atoms with E-state index < -0.39 is 16.2 Å². The number of hydrogen-bond acceptors (Lipinski definition) is 9. The van der Waals surface area contributed by atoms with Gasteiger partial charge in [0.25, 0.3) is 10.1 Å². The minimum Gasteiger partial charge on any atom is -0.485 e. The Bertz CT molecular complexity index is 1570. The fourth-order valence-electron chi connectivity index (χ4n) is 6.12. The second-order valence-corrected chi connectivity index (χ2v) is 13.0. The Hall–Kier alpha value is -3.47. The Kier molecular flexibility index (Phi) is 9.39. The van der Waals surface area contributed by atoms with Crippen LogP contribution in [0.25, 0.3) is 11.1 Å². The number of esters is 1. The number of rotatable bonds is 12. The van der Waals surface area contributed by atoms with Gasteiger partial charge in [-0.05, 0) is 89.1 Å². The summed E-state index contributed by atoms with van der Waals surface area (Å²) in [6.07, 6.45) is 5.30. The molecule has 1 aliphatic heterocycles. The molecule has 2 aromatic carbocycles. The lowest BCUT2D eigenvalue weighted by Gasteiger charge is -2.30. The Morgan fingerprint density at radius 3 is 2.51 bits per heavy atom. The Balaban J connectivity index is 1.51. The molecule has 1 aromatic heterocycles. The van der Waals surface area contributed by atoms with E-state index in [1.165, 1.54) is 14.2 Å². The maximum Gasteiger partial charge on any atom is 0.309 e. The van der Waals surface area contributed by atoms with E-state index in [4.69, 9.17) is 23.1 Å². The van der Waals surface area contributed by atoms with E-state index in [1.807, 2.05) is 31.2 Å². The van der Waals surface area contributed by atoms with Gasteiger partial charge in [0.15, 0.2) is 0 Å². The second kappa shape index (κ2) is 13.0. The van der Waals surface area contributed by atoms with Gasteiger partial charge in [0.2, 0.25) is 5.88 Å². The molecule has 0 radical (unpaired) electrons. The number of aromatic nitrogens is 1. The summed E-state index contributed by atoms with van der Waals surface area (Å²) in [6.45, 7) is 1.97. The normalized spacial score (nSPS) is 18.6. The third-order valence-corrected chi connectivity index (χ3v) is 8.90. The van der Waals surface area contributed by atoms with Crippen LogP contribution in [0.5, 0.6) is 11.6 Å². The van der Waals surface area contributed by atoms with Gasteiger partial charge in [-0.2, -0.15) is 8.42 Å². The van der Waals surface area contributed by atoms with Crippen LogP contribution in [0, 0.1) is 11.8 Å². The molecule has 230 valence electrons. The van der Waals surface area contributed by atoms with E-state index in [9.17, 15) is 13.2 Å². The van der Waals surface area contributed by atoms with Crippen LogP contribution in [0.1, 0.15) is 66.6 Å². The van der Waals surface area contributed by atoms with E-state index in [-0.39, 0.29) is 30.5 Å². The summed E-state index contributed by atoms with van der Waals surface area (Å²) in [7, 11) is 0.693. The summed E-state index contributed by atoms with van der Waals surface area (Å²) >= 11 is 0. The third-order valence-electron chi connectivity index (χ3n) is 8.32. The summed E-state index contributed by atoms with van der Waals surface area (Å²) in [5, 5.41) is 0. The molecule has 2 unspecified atom stereocenters. The average molecular weight is 610 g/mol. The summed E-state index contributed by atoms with van der Waals surface area (Å²) in [5.74, 6) is 1.34. The molecule has 10 heteroatoms. The molecule has 4 atom stereocenters. The Morgan fingerprint density at radius 1 is 1.05 bits per heavy atom. The standard InChI is InChI=1S/C33H39NO8S/c1-20(33(35)40-4)32(22-7-8-22)25-9-6-21-11-13-28(41-29(21)17-25)24-10-12-26(23-14-15-34-31(18-23)39-3)27(16-24)30(19-38-2)42-43(5,36)37/h6,9-10,12,14-18,20,22,28,30,32H,7-8,11,13,19H2,1-5H3/t20-,28?,30?,32-/m0/s1. The zero-order valence-electron chi connectivity index (χ0n) is 25.2. The van der Waals surface area contributed by atoms with Gasteiger partial charge in [0.1, 0.15) is 18.0 Å². The summed E-state index contributed by atoms with van der Waals surface area (Å²) in [5.41, 5.74) is 5.34. The van der Waals surface area contributed by atoms with Crippen LogP contribution >= 0.6 is 0 Å². The molecule has 0 spiro atoms. The monoisotopic (exact) mass is 609 g/mol. The lowest BCUT2D eigenvalue weighted by atomic mass is 9.82. The zero-order valence-corrected chi connectivity index (χ0v) is 26.1. The molecule has 0 saturated heterocycles. The smallest absolute Gasteiger partial charge is 0.309 e. The van der Waals surface area contributed by atoms with Crippen molar-refractivity contribution in [3.8, 4) is 22.8 Å². The molecular formula is C33H39NO8S. The number of methoxy groups -OCH3 is 3. The van der Waals surface area contributed by atoms with Crippen molar-refractivity contribution in [3.63, 3.8) is 0 Å². The molecule has 1 saturated carbocycles. The first-order valence-electron chi connectivity index (χ1n) is 14.5. The number of aryl methyl sites for hydroxylation is 1. The van der Waals surface area contributed by atoms with Gasteiger partial charge in [0.05, 0.1) is 33.0 Å². The fraction of sp³-hybridized carbons (Fsp3) is 0.455. The molecule has 0 N–H and O–H groups in total. The van der Waals surface area contributed by atoms with Gasteiger partial charge in [0, 0.05) is 19.4 Å². The van der Waals surface area contributed by atoms with Crippen molar-refractivity contribution in [2.24, 2.45) is 11.8 Å². The molecular weight excluding hydrogens is 570 g/mol. The number of nitrogens with zero attached hydrogens (tertiary/aromatic N) is 1. The van der Waals surface area contributed by atoms with Crippen LogP contribution in [-0.4, -0.2) is 53.6 Å². The Morgan fingerprint density at radius 2 is 1.84 bits per heavy atom. The van der Waals surface area contributed by atoms with Crippen LogP contribution in [0.3, 0.4) is 0 Å². The highest BCUT2D eigenvalue weighted by atomic mass is 32.2. The molecule has 43 heavy (non-hydrogen) atoms. The first-order valence-corrected chi connectivity index (χ1v) is 16.3. The maximum absolute atomic E-state index is 12.4. The van der Waals surface area contributed by atoms with Crippen molar-refractivity contribution >= 4 is 16.1 Å². The van der Waals surface area contributed by atoms with E-state index in [0.717, 1.165) is 65.5 Å². The van der Waals surface area contributed by atoms with Crippen molar-refractivity contribution in [3.05, 3.63) is 77.0 Å². The number of carbonyl (C=O) groups excluding carboxylic acids is 1. The van der Waals surface area contributed by atoms with Gasteiger partial charge < -0.3 is 18.9 Å². The van der Waals surface area contributed by atoms with E-state index in [1.54, 1.807) is 19.4 Å². The topological polar surface area (TPSA) is 110 Å². The molecule has 1 aliphatic carbocycles. The highest BCUT2D eigenvalue weighted by Gasteiger charge is 2.39. The van der Waals surface area contributed by atoms with E-state index in [0.29, 0.717) is 17.4 Å². The minimum absolute atomic E-state index is 0.0321. The Labute approximate surface area is 253 Å². The highest BCUT2D eigenvalue weighted by molar-refractivity contribution is 7.86. The number of ether oxygens (including phenoxy) is 4. The first kappa shape index (κ1) is 31.0. The summed E-state index contributed by atoms with van der Waals surface area (Å²) < 4.78 is 52.4. The van der Waals surface area contributed by atoms with E-state index >= 15 is 0 Å². The van der Waals surface area contributed by atoms with Gasteiger partial charge >= 0.3 is 5.97 Å². The number of fused-ring (bicyclic) bond motifs is 1. The number of carbonyl (C=O) groups is 1. The predicted octanol–water partition coefficient (Wildman–Crippen LogP) is 5.79. The summed E-state index contributed by atoms with van der Waals surface area (Å²) in [6, 6.07) is 15.9. The SMILES string of the molecule is COCC(OS(C)(=O)=O)c1cc(C2CCc3ccc([C@H](C4CC4)[C@H](C)C(=O)OC)cc3O2)ccc1-c1ccnc(OC)c1. The predicted molar refractivity (Wildman–Crippen MR) is 162 cm³/mol. The largest absolute Gasteiger partial charge is 0.485 e. The van der Waals surface area contributed by atoms with Crippen molar-refractivity contribution < 1.29 is 36.3 Å². The van der Waals surface area contributed by atoms with E-state index in [2.05, 4.69) is 23.2 Å². The maximum atomic E-state index is 12.4. The number of hydrogen-bond donors (Lipinski definition) is 0. The average Bonchev–Trinajstić information content (AvgIpc) is 3.84. The fourth-order valence-corrected chi connectivity index (χ4v) is 6.70. The second-order valence-electron chi connectivity index (χ2n) is 11.4. The molecule has 0 bridgehead atoms. The molecule has 1 fully saturated rings. The van der Waals surface area contributed by atoms with Crippen LogP contribution < -0.4 is 9.47 Å². The van der Waals surface area contributed by atoms with Crippen LogP contribution in [0.4, 0.5) is 0 Å². The zero-order chi connectivity index (χ0) is 30.7. The molecule has 2 heterocycles. The first-order chi connectivity index (χ1) is 20.6. The van der Waals surface area contributed by atoms with Gasteiger partial charge in [-0.15, -0.1) is 0 Å². The molecule has 9 nitrogen and oxygen atoms in total. The molecule has 3 aromatic rings. The quantitative estimate of drug-likeness (QED) is 0.186. The van der Waals surface area contributed by atoms with Gasteiger partial charge in [-0.1, -0.05) is 31.2 Å². The van der Waals surface area contributed by atoms with Crippen molar-refractivity contribution in [1.29, 1.82) is 0 Å². The van der Waals surface area contributed by atoms with Gasteiger partial charge in [-0.3, -0.25) is 8.98 Å². The molecule has 2 aliphatic rings. The van der Waals surface area contributed by atoms with Crippen LogP contribution in [-0.2, 0) is 35.0 Å². The lowest BCUT2D eigenvalue weighted by molar-refractivity contribution is -0.145. The van der Waals surface area contributed by atoms with Crippen LogP contribution in [0.2, 0.25) is 0 Å². The number of pyridine rings is 1. The third kappa shape index (κ3) is 7.20. The van der Waals surface area contributed by atoms with Gasteiger partial charge in [-0.25, -0.2) is 4.98 Å². The summed E-state index contributed by atoms with van der Waals surface area (Å²) in [4.78, 5) is 16.7. The highest BCUT2D eigenvalue weighted by Crippen LogP contribution is 2.48. The van der Waals surface area contributed by atoms with Crippen LogP contribution in [0.15, 0.2) is 54.7 Å². The molecule has 0 amide bonds. The van der Waals surface area contributed by atoms with Crippen molar-refractivity contribution in [1.82, 2.24) is 4.98 Å². The minimum atomic E-state index is -3.79. The number of benzene rings is 2. The van der Waals surface area contributed by atoms with Crippen molar-refractivity contribution in [2.75, 3.05) is 34.2 Å². The van der Waals surface area contributed by atoms with Crippen molar-refractivity contribution in [2.45, 2.75) is 50.7 Å². The lowest BCUT2D eigenvalue weighted by Crippen LogP contribution is -2.23. The molecule has 5 rings (SSSR count).